The molecular weight excluding hydrogens is 424 g/mol. The molecule has 5 rings (SSSR count). The smallest absolute Gasteiger partial charge is 0.326 e. The van der Waals surface area contributed by atoms with E-state index in [0.717, 1.165) is 38.0 Å². The maximum atomic E-state index is 13.9. The van der Waals surface area contributed by atoms with Gasteiger partial charge in [0.05, 0.1) is 12.1 Å². The van der Waals surface area contributed by atoms with Crippen LogP contribution in [0.1, 0.15) is 50.5 Å². The second-order valence-corrected chi connectivity index (χ2v) is 10.7. The van der Waals surface area contributed by atoms with Crippen molar-refractivity contribution in [1.29, 1.82) is 5.26 Å². The molecule has 4 aliphatic rings. The van der Waals surface area contributed by atoms with Gasteiger partial charge in [-0.1, -0.05) is 36.8 Å². The second kappa shape index (κ2) is 8.74. The SMILES string of the molecule is CN1C(N2CC3(CCC(c4ccccc4)(N(C)C)CC3)N(CC3CCC3)C2=O)=CC=NC1C#N. The monoisotopic (exact) mass is 460 g/mol. The van der Waals surface area contributed by atoms with Gasteiger partial charge in [-0.25, -0.2) is 4.79 Å². The number of nitriles is 1. The van der Waals surface area contributed by atoms with E-state index in [4.69, 9.17) is 0 Å². The largest absolute Gasteiger partial charge is 0.327 e. The Kier molecular flexibility index (Phi) is 5.89. The zero-order valence-electron chi connectivity index (χ0n) is 20.7. The molecular formula is C27H36N6O. The molecule has 1 aromatic rings. The minimum Gasteiger partial charge on any atom is -0.327 e. The van der Waals surface area contributed by atoms with E-state index in [1.54, 1.807) is 6.21 Å². The molecule has 0 N–H and O–H groups in total. The Hall–Kier alpha value is -2.85. The molecule has 1 aromatic carbocycles. The molecule has 1 unspecified atom stereocenters. The van der Waals surface area contributed by atoms with Crippen LogP contribution in [0.25, 0.3) is 0 Å². The van der Waals surface area contributed by atoms with E-state index in [-0.39, 0.29) is 17.1 Å². The Balaban J connectivity index is 1.45. The average Bonchev–Trinajstić information content (AvgIpc) is 3.08. The van der Waals surface area contributed by atoms with Crippen LogP contribution >= 0.6 is 0 Å². The molecule has 0 radical (unpaired) electrons. The van der Waals surface area contributed by atoms with Gasteiger partial charge in [-0.05, 0) is 70.2 Å². The highest BCUT2D eigenvalue weighted by molar-refractivity contribution is 5.82. The van der Waals surface area contributed by atoms with Crippen molar-refractivity contribution >= 4 is 12.2 Å². The normalized spacial score (nSPS) is 31.7. The van der Waals surface area contributed by atoms with Crippen LogP contribution < -0.4 is 0 Å². The Morgan fingerprint density at radius 2 is 1.85 bits per heavy atom. The summed E-state index contributed by atoms with van der Waals surface area (Å²) in [5, 5.41) is 9.51. The van der Waals surface area contributed by atoms with Gasteiger partial charge < -0.3 is 9.80 Å². The van der Waals surface area contributed by atoms with Gasteiger partial charge in [0, 0.05) is 25.3 Å². The fraction of sp³-hybridized carbons (Fsp3) is 0.593. The number of nitrogens with zero attached hydrogens (tertiary/aromatic N) is 6. The zero-order valence-corrected chi connectivity index (χ0v) is 20.7. The van der Waals surface area contributed by atoms with Gasteiger partial charge in [-0.2, -0.15) is 5.26 Å². The average molecular weight is 461 g/mol. The minimum atomic E-state index is -0.588. The number of hydrogen-bond acceptors (Lipinski definition) is 5. The molecule has 7 nitrogen and oxygen atoms in total. The third-order valence-corrected chi connectivity index (χ3v) is 8.90. The summed E-state index contributed by atoms with van der Waals surface area (Å²) in [6.45, 7) is 1.53. The Morgan fingerprint density at radius 1 is 1.15 bits per heavy atom. The Bertz CT molecular complexity index is 1010. The summed E-state index contributed by atoms with van der Waals surface area (Å²) in [5.74, 6) is 1.40. The summed E-state index contributed by atoms with van der Waals surface area (Å²) in [6.07, 6.45) is 10.7. The first-order valence-corrected chi connectivity index (χ1v) is 12.6. The van der Waals surface area contributed by atoms with Crippen LogP contribution in [0.4, 0.5) is 4.79 Å². The van der Waals surface area contributed by atoms with Gasteiger partial charge in [0.2, 0.25) is 6.17 Å². The summed E-state index contributed by atoms with van der Waals surface area (Å²) >= 11 is 0. The zero-order chi connectivity index (χ0) is 23.9. The van der Waals surface area contributed by atoms with Crippen molar-refractivity contribution in [3.8, 4) is 6.07 Å². The van der Waals surface area contributed by atoms with Crippen molar-refractivity contribution in [3.05, 3.63) is 47.8 Å². The third kappa shape index (κ3) is 3.60. The first-order chi connectivity index (χ1) is 16.4. The lowest BCUT2D eigenvalue weighted by Gasteiger charge is -2.51. The molecule has 2 amide bonds. The topological polar surface area (TPSA) is 66.2 Å². The molecule has 1 saturated heterocycles. The lowest BCUT2D eigenvalue weighted by Crippen LogP contribution is -2.56. The number of allylic oxidation sites excluding steroid dienone is 1. The Labute approximate surface area is 203 Å². The number of carbonyl (C=O) groups excluding carboxylic acids is 1. The lowest BCUT2D eigenvalue weighted by atomic mass is 9.68. The predicted molar refractivity (Wildman–Crippen MR) is 133 cm³/mol. The van der Waals surface area contributed by atoms with Crippen molar-refractivity contribution in [1.82, 2.24) is 19.6 Å². The quantitative estimate of drug-likeness (QED) is 0.666. The van der Waals surface area contributed by atoms with E-state index in [2.05, 4.69) is 65.3 Å². The molecule has 2 aliphatic heterocycles. The van der Waals surface area contributed by atoms with Crippen LogP contribution in [0.3, 0.4) is 0 Å². The van der Waals surface area contributed by atoms with Crippen LogP contribution in [0.5, 0.6) is 0 Å². The van der Waals surface area contributed by atoms with Gasteiger partial charge in [0.1, 0.15) is 11.9 Å². The number of hydrogen-bond donors (Lipinski definition) is 0. The van der Waals surface area contributed by atoms with Crippen molar-refractivity contribution in [2.24, 2.45) is 10.9 Å². The fourth-order valence-corrected chi connectivity index (χ4v) is 6.41. The molecule has 180 valence electrons. The first-order valence-electron chi connectivity index (χ1n) is 12.6. The molecule has 3 fully saturated rings. The summed E-state index contributed by atoms with van der Waals surface area (Å²) in [7, 11) is 6.23. The fourth-order valence-electron chi connectivity index (χ4n) is 6.41. The van der Waals surface area contributed by atoms with E-state index in [1.165, 1.54) is 24.8 Å². The van der Waals surface area contributed by atoms with Gasteiger partial charge >= 0.3 is 6.03 Å². The second-order valence-electron chi connectivity index (χ2n) is 10.7. The lowest BCUT2D eigenvalue weighted by molar-refractivity contribution is 0.0160. The van der Waals surface area contributed by atoms with Crippen molar-refractivity contribution in [3.63, 3.8) is 0 Å². The van der Waals surface area contributed by atoms with Crippen LogP contribution in [-0.2, 0) is 5.54 Å². The minimum absolute atomic E-state index is 0.00935. The molecule has 0 bridgehead atoms. The number of aliphatic imine (C=N–C) groups is 1. The van der Waals surface area contributed by atoms with E-state index >= 15 is 0 Å². The highest BCUT2D eigenvalue weighted by Crippen LogP contribution is 2.50. The molecule has 7 heteroatoms. The van der Waals surface area contributed by atoms with E-state index < -0.39 is 6.17 Å². The third-order valence-electron chi connectivity index (χ3n) is 8.90. The number of rotatable bonds is 5. The van der Waals surface area contributed by atoms with E-state index in [1.807, 2.05) is 22.9 Å². The summed E-state index contributed by atoms with van der Waals surface area (Å²) in [5.41, 5.74) is 1.19. The van der Waals surface area contributed by atoms with E-state index in [9.17, 15) is 10.1 Å². The highest BCUT2D eigenvalue weighted by Gasteiger charge is 2.56. The van der Waals surface area contributed by atoms with Crippen molar-refractivity contribution in [2.75, 3.05) is 34.2 Å². The summed E-state index contributed by atoms with van der Waals surface area (Å²) in [6, 6.07) is 13.2. The molecule has 1 atom stereocenters. The van der Waals surface area contributed by atoms with Crippen LogP contribution in [0, 0.1) is 17.2 Å². The summed E-state index contributed by atoms with van der Waals surface area (Å²) in [4.78, 5) is 26.5. The molecule has 34 heavy (non-hydrogen) atoms. The molecule has 2 aliphatic carbocycles. The standard InChI is InChI=1S/C27H36N6O/c1-30(2)27(22-10-5-4-6-11-22)15-13-26(14-16-27)20-32(24-12-17-29-23(18-28)31(24)3)25(34)33(26)19-21-8-7-9-21/h4-6,10-12,17,21,23H,7-9,13-16,19-20H2,1-3H3. The van der Waals surface area contributed by atoms with E-state index in [0.29, 0.717) is 12.5 Å². The molecule has 1 spiro atoms. The number of carbonyl (C=O) groups is 1. The van der Waals surface area contributed by atoms with Crippen LogP contribution in [0.15, 0.2) is 47.2 Å². The van der Waals surface area contributed by atoms with Gasteiger partial charge in [0.25, 0.3) is 0 Å². The van der Waals surface area contributed by atoms with Crippen LogP contribution in [0.2, 0.25) is 0 Å². The first kappa shape index (κ1) is 22.9. The summed E-state index contributed by atoms with van der Waals surface area (Å²) < 4.78 is 0. The van der Waals surface area contributed by atoms with Gasteiger partial charge in [-0.3, -0.25) is 14.8 Å². The molecule has 2 saturated carbocycles. The highest BCUT2D eigenvalue weighted by atomic mass is 16.2. The number of amides is 2. The maximum Gasteiger partial charge on any atom is 0.326 e. The Morgan fingerprint density at radius 3 is 2.44 bits per heavy atom. The van der Waals surface area contributed by atoms with Gasteiger partial charge in [-0.15, -0.1) is 0 Å². The molecule has 0 aromatic heterocycles. The van der Waals surface area contributed by atoms with Crippen LogP contribution in [-0.4, -0.2) is 77.8 Å². The maximum absolute atomic E-state index is 13.9. The van der Waals surface area contributed by atoms with Crippen molar-refractivity contribution < 1.29 is 4.79 Å². The van der Waals surface area contributed by atoms with Gasteiger partial charge in [0.15, 0.2) is 0 Å². The number of benzene rings is 1. The predicted octanol–water partition coefficient (Wildman–Crippen LogP) is 4.00. The molecule has 2 heterocycles. The van der Waals surface area contributed by atoms with Crippen molar-refractivity contribution in [2.45, 2.75) is 62.2 Å². The number of urea groups is 1.